The molecule has 1 saturated heterocycles. The lowest BCUT2D eigenvalue weighted by molar-refractivity contribution is -0.127. The minimum absolute atomic E-state index is 0.00690. The molecule has 1 unspecified atom stereocenters. The third-order valence-electron chi connectivity index (χ3n) is 6.75. The van der Waals surface area contributed by atoms with Crippen molar-refractivity contribution in [3.63, 3.8) is 0 Å². The molecule has 0 saturated carbocycles. The van der Waals surface area contributed by atoms with Gasteiger partial charge in [0.1, 0.15) is 5.82 Å². The minimum Gasteiger partial charge on any atom is -0.355 e. The topological polar surface area (TPSA) is 61.4 Å². The molecule has 1 amide bonds. The van der Waals surface area contributed by atoms with E-state index in [0.29, 0.717) is 0 Å². The Kier molecular flexibility index (Phi) is 6.56. The highest BCUT2D eigenvalue weighted by molar-refractivity contribution is 5.79. The summed E-state index contributed by atoms with van der Waals surface area (Å²) in [4.78, 5) is 26.4. The standard InChI is InChI=1S/C25H35N5O/c1-25(2,3)22(18-29-13-8-19-6-4-5-7-21(19)17-29)28-24(31)20-9-14-30(15-10-20)23-16-26-11-12-27-23/h4-7,11-12,16,20,22H,8-10,13-15,17-18H2,1-3H3,(H,28,31). The summed E-state index contributed by atoms with van der Waals surface area (Å²) in [5.41, 5.74) is 2.89. The summed E-state index contributed by atoms with van der Waals surface area (Å²) in [6.45, 7) is 11.3. The van der Waals surface area contributed by atoms with Crippen molar-refractivity contribution in [1.82, 2.24) is 20.2 Å². The normalized spacial score (nSPS) is 19.0. The lowest BCUT2D eigenvalue weighted by Gasteiger charge is -2.39. The van der Waals surface area contributed by atoms with Crippen LogP contribution < -0.4 is 10.2 Å². The van der Waals surface area contributed by atoms with Crippen LogP contribution >= 0.6 is 0 Å². The summed E-state index contributed by atoms with van der Waals surface area (Å²) < 4.78 is 0. The maximum absolute atomic E-state index is 13.2. The van der Waals surface area contributed by atoms with E-state index in [9.17, 15) is 4.79 Å². The van der Waals surface area contributed by atoms with Crippen LogP contribution in [-0.4, -0.2) is 53.0 Å². The number of hydrogen-bond donors (Lipinski definition) is 1. The zero-order valence-corrected chi connectivity index (χ0v) is 19.1. The Hall–Kier alpha value is -2.47. The van der Waals surface area contributed by atoms with Gasteiger partial charge in [-0.05, 0) is 35.8 Å². The zero-order valence-electron chi connectivity index (χ0n) is 19.1. The molecule has 1 atom stereocenters. The van der Waals surface area contributed by atoms with Gasteiger partial charge in [-0.15, -0.1) is 0 Å². The van der Waals surface area contributed by atoms with Crippen LogP contribution in [0.1, 0.15) is 44.7 Å². The van der Waals surface area contributed by atoms with Gasteiger partial charge in [0.15, 0.2) is 0 Å². The molecule has 2 aliphatic heterocycles. The number of benzene rings is 1. The average Bonchev–Trinajstić information content (AvgIpc) is 2.78. The second-order valence-corrected chi connectivity index (χ2v) is 10.0. The van der Waals surface area contributed by atoms with Crippen LogP contribution in [0, 0.1) is 11.3 Å². The van der Waals surface area contributed by atoms with E-state index in [1.807, 2.05) is 0 Å². The number of fused-ring (bicyclic) bond motifs is 1. The molecule has 6 heteroatoms. The van der Waals surface area contributed by atoms with E-state index in [4.69, 9.17) is 0 Å². The van der Waals surface area contributed by atoms with Gasteiger partial charge in [-0.25, -0.2) is 4.98 Å². The lowest BCUT2D eigenvalue weighted by Crippen LogP contribution is -2.53. The Morgan fingerprint density at radius 3 is 2.55 bits per heavy atom. The van der Waals surface area contributed by atoms with Crippen molar-refractivity contribution in [2.24, 2.45) is 11.3 Å². The largest absolute Gasteiger partial charge is 0.355 e. The quantitative estimate of drug-likeness (QED) is 0.803. The SMILES string of the molecule is CC(C)(C)C(CN1CCc2ccccc2C1)NC(=O)C1CCN(c2cnccn2)CC1. The maximum Gasteiger partial charge on any atom is 0.223 e. The molecular formula is C25H35N5O. The fourth-order valence-corrected chi connectivity index (χ4v) is 4.62. The number of carbonyl (C=O) groups is 1. The fraction of sp³-hybridized carbons (Fsp3) is 0.560. The van der Waals surface area contributed by atoms with Crippen molar-refractivity contribution < 1.29 is 4.79 Å². The Morgan fingerprint density at radius 1 is 1.13 bits per heavy atom. The Bertz CT molecular complexity index is 871. The van der Waals surface area contributed by atoms with Crippen LogP contribution in [0.3, 0.4) is 0 Å². The molecule has 3 heterocycles. The maximum atomic E-state index is 13.2. The highest BCUT2D eigenvalue weighted by Crippen LogP contribution is 2.26. The Balaban J connectivity index is 1.34. The van der Waals surface area contributed by atoms with Crippen molar-refractivity contribution >= 4 is 11.7 Å². The molecule has 166 valence electrons. The molecule has 6 nitrogen and oxygen atoms in total. The summed E-state index contributed by atoms with van der Waals surface area (Å²) in [5.74, 6) is 1.18. The molecule has 4 rings (SSSR count). The van der Waals surface area contributed by atoms with Crippen LogP contribution in [0.15, 0.2) is 42.9 Å². The van der Waals surface area contributed by atoms with Crippen molar-refractivity contribution in [2.45, 2.75) is 52.6 Å². The summed E-state index contributed by atoms with van der Waals surface area (Å²) in [5, 5.41) is 3.43. The monoisotopic (exact) mass is 421 g/mol. The molecule has 1 aromatic heterocycles. The number of nitrogens with zero attached hydrogens (tertiary/aromatic N) is 4. The Morgan fingerprint density at radius 2 is 1.87 bits per heavy atom. The van der Waals surface area contributed by atoms with E-state index in [-0.39, 0.29) is 23.3 Å². The number of amides is 1. The molecule has 1 aromatic carbocycles. The van der Waals surface area contributed by atoms with Crippen molar-refractivity contribution in [3.05, 3.63) is 54.0 Å². The molecule has 1 fully saturated rings. The van der Waals surface area contributed by atoms with Crippen molar-refractivity contribution in [2.75, 3.05) is 31.1 Å². The highest BCUT2D eigenvalue weighted by Gasteiger charge is 2.33. The summed E-state index contributed by atoms with van der Waals surface area (Å²) in [6, 6.07) is 8.85. The van der Waals surface area contributed by atoms with Crippen molar-refractivity contribution in [3.8, 4) is 0 Å². The van der Waals surface area contributed by atoms with E-state index < -0.39 is 0 Å². The number of nitrogens with one attached hydrogen (secondary N) is 1. The number of aromatic nitrogens is 2. The molecule has 1 N–H and O–H groups in total. The second-order valence-electron chi connectivity index (χ2n) is 10.0. The van der Waals surface area contributed by atoms with Gasteiger partial charge in [0.05, 0.1) is 6.20 Å². The predicted molar refractivity (Wildman–Crippen MR) is 124 cm³/mol. The number of hydrogen-bond acceptors (Lipinski definition) is 5. The van der Waals surface area contributed by atoms with Gasteiger partial charge < -0.3 is 10.2 Å². The third kappa shape index (κ3) is 5.42. The lowest BCUT2D eigenvalue weighted by atomic mass is 9.85. The van der Waals surface area contributed by atoms with E-state index in [2.05, 4.69) is 70.1 Å². The molecule has 2 aromatic rings. The second kappa shape index (κ2) is 9.35. The molecular weight excluding hydrogens is 386 g/mol. The van der Waals surface area contributed by atoms with Crippen LogP contribution in [0.2, 0.25) is 0 Å². The first-order chi connectivity index (χ1) is 14.9. The third-order valence-corrected chi connectivity index (χ3v) is 6.75. The zero-order chi connectivity index (χ0) is 21.8. The van der Waals surface area contributed by atoms with E-state index in [1.54, 1.807) is 18.6 Å². The molecule has 0 bridgehead atoms. The van der Waals surface area contributed by atoms with Gasteiger partial charge in [0, 0.05) is 57.1 Å². The van der Waals surface area contributed by atoms with Gasteiger partial charge in [-0.3, -0.25) is 14.7 Å². The summed E-state index contributed by atoms with van der Waals surface area (Å²) in [6.07, 6.45) is 8.01. The number of anilines is 1. The van der Waals surface area contributed by atoms with Crippen LogP contribution in [0.5, 0.6) is 0 Å². The molecule has 2 aliphatic rings. The highest BCUT2D eigenvalue weighted by atomic mass is 16.2. The smallest absolute Gasteiger partial charge is 0.223 e. The predicted octanol–water partition coefficient (Wildman–Crippen LogP) is 3.28. The molecule has 0 spiro atoms. The van der Waals surface area contributed by atoms with E-state index in [0.717, 1.165) is 57.8 Å². The van der Waals surface area contributed by atoms with Gasteiger partial charge >= 0.3 is 0 Å². The summed E-state index contributed by atoms with van der Waals surface area (Å²) >= 11 is 0. The first kappa shape index (κ1) is 21.8. The number of piperidine rings is 1. The number of carbonyl (C=O) groups excluding carboxylic acids is 1. The first-order valence-corrected chi connectivity index (χ1v) is 11.5. The number of rotatable bonds is 5. The first-order valence-electron chi connectivity index (χ1n) is 11.5. The minimum atomic E-state index is 0.00690. The van der Waals surface area contributed by atoms with Crippen molar-refractivity contribution in [1.29, 1.82) is 0 Å². The van der Waals surface area contributed by atoms with Gasteiger partial charge in [0.25, 0.3) is 0 Å². The van der Waals surface area contributed by atoms with Crippen LogP contribution in [0.4, 0.5) is 5.82 Å². The van der Waals surface area contributed by atoms with Gasteiger partial charge in [-0.2, -0.15) is 0 Å². The molecule has 0 radical (unpaired) electrons. The average molecular weight is 422 g/mol. The Labute approximate surface area is 186 Å². The van der Waals surface area contributed by atoms with Gasteiger partial charge in [0.2, 0.25) is 5.91 Å². The molecule has 31 heavy (non-hydrogen) atoms. The van der Waals surface area contributed by atoms with E-state index in [1.165, 1.54) is 11.1 Å². The molecule has 0 aliphatic carbocycles. The fourth-order valence-electron chi connectivity index (χ4n) is 4.62. The van der Waals surface area contributed by atoms with Gasteiger partial charge in [-0.1, -0.05) is 45.0 Å². The van der Waals surface area contributed by atoms with E-state index >= 15 is 0 Å². The van der Waals surface area contributed by atoms with Crippen LogP contribution in [0.25, 0.3) is 0 Å². The summed E-state index contributed by atoms with van der Waals surface area (Å²) in [7, 11) is 0. The van der Waals surface area contributed by atoms with Crippen LogP contribution in [-0.2, 0) is 17.8 Å².